The average molecular weight is 368 g/mol. The number of aromatic nitrogens is 2. The maximum Gasteiger partial charge on any atom is 0.254 e. The van der Waals surface area contributed by atoms with Gasteiger partial charge in [0, 0.05) is 34.8 Å². The van der Waals surface area contributed by atoms with Crippen LogP contribution in [0.2, 0.25) is 5.02 Å². The lowest BCUT2D eigenvalue weighted by molar-refractivity contribution is 0.0787. The Morgan fingerprint density at radius 1 is 1.23 bits per heavy atom. The monoisotopic (exact) mass is 367 g/mol. The van der Waals surface area contributed by atoms with Gasteiger partial charge >= 0.3 is 0 Å². The first-order chi connectivity index (χ1) is 12.7. The lowest BCUT2D eigenvalue weighted by atomic mass is 10.1. The molecular weight excluding hydrogens is 350 g/mol. The van der Waals surface area contributed by atoms with Crippen LogP contribution < -0.4 is 4.74 Å². The smallest absolute Gasteiger partial charge is 0.254 e. The number of carbonyl (C=O) groups is 1. The molecule has 0 unspecified atom stereocenters. The van der Waals surface area contributed by atoms with Crippen molar-refractivity contribution < 1.29 is 9.53 Å². The van der Waals surface area contributed by atoms with Crippen LogP contribution in [0, 0.1) is 0 Å². The van der Waals surface area contributed by atoms with Crippen LogP contribution in [0.1, 0.15) is 28.4 Å². The summed E-state index contributed by atoms with van der Waals surface area (Å²) in [5, 5.41) is 7.84. The summed E-state index contributed by atoms with van der Waals surface area (Å²) in [7, 11) is 0. The molecule has 1 amide bonds. The first-order valence-electron chi connectivity index (χ1n) is 8.49. The van der Waals surface area contributed by atoms with E-state index < -0.39 is 0 Å². The van der Waals surface area contributed by atoms with Gasteiger partial charge in [0.25, 0.3) is 5.91 Å². The highest BCUT2D eigenvalue weighted by atomic mass is 35.5. The highest BCUT2D eigenvalue weighted by molar-refractivity contribution is 6.30. The average Bonchev–Trinajstić information content (AvgIpc) is 3.25. The van der Waals surface area contributed by atoms with Crippen molar-refractivity contribution in [3.63, 3.8) is 0 Å². The van der Waals surface area contributed by atoms with Gasteiger partial charge in [-0.2, -0.15) is 5.10 Å². The summed E-state index contributed by atoms with van der Waals surface area (Å²) < 4.78 is 5.95. The van der Waals surface area contributed by atoms with E-state index in [0.29, 0.717) is 24.7 Å². The molecule has 4 rings (SSSR count). The van der Waals surface area contributed by atoms with E-state index in [9.17, 15) is 4.79 Å². The number of fused-ring (bicyclic) bond motifs is 1. The second-order valence-electron chi connectivity index (χ2n) is 6.20. The number of ether oxygens (including phenoxy) is 1. The highest BCUT2D eigenvalue weighted by Crippen LogP contribution is 2.28. The Kier molecular flexibility index (Phi) is 4.39. The van der Waals surface area contributed by atoms with Gasteiger partial charge in [-0.25, -0.2) is 0 Å². The molecule has 5 nitrogen and oxygen atoms in total. The number of hydrogen-bond acceptors (Lipinski definition) is 3. The van der Waals surface area contributed by atoms with Gasteiger partial charge in [0.15, 0.2) is 0 Å². The second kappa shape index (κ2) is 6.84. The normalized spacial score (nSPS) is 13.2. The zero-order valence-corrected chi connectivity index (χ0v) is 15.1. The van der Waals surface area contributed by atoms with Crippen LogP contribution in [0.3, 0.4) is 0 Å². The molecule has 2 heterocycles. The summed E-state index contributed by atoms with van der Waals surface area (Å²) >= 11 is 5.95. The molecule has 1 N–H and O–H groups in total. The van der Waals surface area contributed by atoms with Crippen molar-refractivity contribution >= 4 is 17.5 Å². The summed E-state index contributed by atoms with van der Waals surface area (Å²) in [4.78, 5) is 14.0. The number of nitrogens with zero attached hydrogens (tertiary/aromatic N) is 2. The number of carbonyl (C=O) groups excluding carboxylic acids is 1. The van der Waals surface area contributed by atoms with Crippen LogP contribution in [0.25, 0.3) is 11.3 Å². The van der Waals surface area contributed by atoms with Crippen LogP contribution >= 0.6 is 11.6 Å². The fraction of sp³-hybridized carbons (Fsp3) is 0.200. The molecular formula is C20H18ClN3O2. The van der Waals surface area contributed by atoms with Gasteiger partial charge < -0.3 is 9.64 Å². The van der Waals surface area contributed by atoms with E-state index in [-0.39, 0.29) is 5.91 Å². The molecule has 132 valence electrons. The number of hydrogen-bond donors (Lipinski definition) is 1. The molecule has 6 heteroatoms. The number of H-pyrrole nitrogens is 1. The number of benzene rings is 2. The van der Waals surface area contributed by atoms with Gasteiger partial charge in [-0.05, 0) is 42.8 Å². The molecule has 0 saturated heterocycles. The van der Waals surface area contributed by atoms with Crippen LogP contribution in [0.5, 0.6) is 5.75 Å². The Balaban J connectivity index is 1.50. The van der Waals surface area contributed by atoms with Crippen molar-refractivity contribution in [1.29, 1.82) is 0 Å². The zero-order chi connectivity index (χ0) is 18.1. The summed E-state index contributed by atoms with van der Waals surface area (Å²) in [5.41, 5.74) is 4.65. The van der Waals surface area contributed by atoms with Gasteiger partial charge in [0.05, 0.1) is 11.9 Å². The maximum atomic E-state index is 12.2. The number of rotatable bonds is 5. The number of amides is 1. The molecule has 3 aromatic rings. The van der Waals surface area contributed by atoms with Crippen LogP contribution in [-0.4, -0.2) is 27.5 Å². The van der Waals surface area contributed by atoms with Crippen molar-refractivity contribution in [3.8, 4) is 17.0 Å². The first kappa shape index (κ1) is 16.7. The largest absolute Gasteiger partial charge is 0.489 e. The van der Waals surface area contributed by atoms with Crippen molar-refractivity contribution in [2.75, 3.05) is 6.54 Å². The fourth-order valence-electron chi connectivity index (χ4n) is 3.15. The van der Waals surface area contributed by atoms with E-state index in [2.05, 4.69) is 10.2 Å². The molecule has 0 spiro atoms. The third-order valence-electron chi connectivity index (χ3n) is 4.58. The van der Waals surface area contributed by atoms with E-state index in [1.54, 1.807) is 6.20 Å². The Hall–Kier alpha value is -2.79. The molecule has 0 radical (unpaired) electrons. The fourth-order valence-corrected chi connectivity index (χ4v) is 3.28. The third kappa shape index (κ3) is 3.06. The molecule has 0 saturated carbocycles. The number of aromatic amines is 1. The number of nitrogens with one attached hydrogen (secondary N) is 1. The van der Waals surface area contributed by atoms with Gasteiger partial charge in [-0.3, -0.25) is 9.89 Å². The Morgan fingerprint density at radius 2 is 2.04 bits per heavy atom. The van der Waals surface area contributed by atoms with E-state index >= 15 is 0 Å². The highest BCUT2D eigenvalue weighted by Gasteiger charge is 2.26. The van der Waals surface area contributed by atoms with Crippen molar-refractivity contribution in [3.05, 3.63) is 70.4 Å². The second-order valence-corrected chi connectivity index (χ2v) is 6.64. The van der Waals surface area contributed by atoms with E-state index in [0.717, 1.165) is 33.7 Å². The van der Waals surface area contributed by atoms with E-state index in [1.165, 1.54) is 0 Å². The standard InChI is InChI=1S/C20H18ClN3O2/c1-2-24-11-14-9-17(7-8-18(14)20(24)25)26-12-15-10-22-23-19(15)13-3-5-16(21)6-4-13/h3-10H,2,11-12H2,1H3,(H,22,23). The van der Waals surface area contributed by atoms with Gasteiger partial charge in [0.1, 0.15) is 12.4 Å². The molecule has 26 heavy (non-hydrogen) atoms. The molecule has 1 aliphatic rings. The quantitative estimate of drug-likeness (QED) is 0.732. The van der Waals surface area contributed by atoms with Crippen LogP contribution in [-0.2, 0) is 13.2 Å². The minimum Gasteiger partial charge on any atom is -0.489 e. The van der Waals surface area contributed by atoms with Gasteiger partial charge in [-0.1, -0.05) is 23.7 Å². The van der Waals surface area contributed by atoms with E-state index in [4.69, 9.17) is 16.3 Å². The van der Waals surface area contributed by atoms with Crippen molar-refractivity contribution in [1.82, 2.24) is 15.1 Å². The summed E-state index contributed by atoms with van der Waals surface area (Å²) in [5.74, 6) is 0.840. The minimum absolute atomic E-state index is 0.0916. The van der Waals surface area contributed by atoms with Crippen LogP contribution in [0.4, 0.5) is 0 Å². The summed E-state index contributed by atoms with van der Waals surface area (Å²) in [6.07, 6.45) is 1.76. The van der Waals surface area contributed by atoms with Crippen molar-refractivity contribution in [2.45, 2.75) is 20.1 Å². The first-order valence-corrected chi connectivity index (χ1v) is 8.86. The lowest BCUT2D eigenvalue weighted by Crippen LogP contribution is -2.22. The van der Waals surface area contributed by atoms with Gasteiger partial charge in [-0.15, -0.1) is 0 Å². The Morgan fingerprint density at radius 3 is 2.81 bits per heavy atom. The molecule has 0 aliphatic carbocycles. The SMILES string of the molecule is CCN1Cc2cc(OCc3cn[nH]c3-c3ccc(Cl)cc3)ccc2C1=O. The Bertz CT molecular complexity index is 950. The maximum absolute atomic E-state index is 12.2. The predicted molar refractivity (Wildman–Crippen MR) is 100 cm³/mol. The minimum atomic E-state index is 0.0916. The molecule has 2 aromatic carbocycles. The third-order valence-corrected chi connectivity index (χ3v) is 4.83. The summed E-state index contributed by atoms with van der Waals surface area (Å²) in [6, 6.07) is 13.2. The Labute approximate surface area is 156 Å². The summed E-state index contributed by atoms with van der Waals surface area (Å²) in [6.45, 7) is 3.73. The molecule has 0 atom stereocenters. The van der Waals surface area contributed by atoms with Crippen molar-refractivity contribution in [2.24, 2.45) is 0 Å². The molecule has 0 bridgehead atoms. The number of halogens is 1. The molecule has 1 aromatic heterocycles. The van der Waals surface area contributed by atoms with Gasteiger partial charge in [0.2, 0.25) is 0 Å². The lowest BCUT2D eigenvalue weighted by Gasteiger charge is -2.10. The van der Waals surface area contributed by atoms with E-state index in [1.807, 2.05) is 54.3 Å². The molecule has 0 fully saturated rings. The molecule has 1 aliphatic heterocycles. The zero-order valence-electron chi connectivity index (χ0n) is 14.3. The topological polar surface area (TPSA) is 58.2 Å². The predicted octanol–water partition coefficient (Wildman–Crippen LogP) is 4.28. The van der Waals surface area contributed by atoms with Crippen LogP contribution in [0.15, 0.2) is 48.7 Å².